The molecule has 26 heavy (non-hydrogen) atoms. The lowest BCUT2D eigenvalue weighted by Crippen LogP contribution is -2.45. The first kappa shape index (κ1) is 17.9. The molecule has 2 heterocycles. The first-order valence-corrected chi connectivity index (χ1v) is 10.4. The molecule has 2 aliphatic rings. The maximum Gasteiger partial charge on any atom is 0.231 e. The third-order valence-corrected chi connectivity index (χ3v) is 6.73. The third kappa shape index (κ3) is 3.63. The molecule has 0 bridgehead atoms. The van der Waals surface area contributed by atoms with Crippen molar-refractivity contribution < 1.29 is 9.53 Å². The number of hydrogen-bond donors (Lipinski definition) is 0. The van der Waals surface area contributed by atoms with E-state index in [0.717, 1.165) is 56.3 Å². The van der Waals surface area contributed by atoms with Crippen LogP contribution in [-0.2, 0) is 9.53 Å². The number of aryl methyl sites for hydroxylation is 2. The maximum atomic E-state index is 13.1. The summed E-state index contributed by atoms with van der Waals surface area (Å²) in [7, 11) is 0. The van der Waals surface area contributed by atoms with E-state index < -0.39 is 0 Å². The Morgan fingerprint density at radius 2 is 2.00 bits per heavy atom. The fourth-order valence-electron chi connectivity index (χ4n) is 3.53. The van der Waals surface area contributed by atoms with E-state index in [-0.39, 0.29) is 11.8 Å². The molecule has 1 aliphatic carbocycles. The summed E-state index contributed by atoms with van der Waals surface area (Å²) in [6.45, 7) is 9.32. The minimum atomic E-state index is 0.190. The Balaban J connectivity index is 1.57. The number of benzene rings is 1. The number of carbonyl (C=O) groups excluding carboxylic acids is 1. The molecule has 140 valence electrons. The van der Waals surface area contributed by atoms with Crippen LogP contribution in [-0.4, -0.2) is 55.2 Å². The van der Waals surface area contributed by atoms with Gasteiger partial charge in [0.1, 0.15) is 0 Å². The van der Waals surface area contributed by atoms with Crippen molar-refractivity contribution in [3.05, 3.63) is 23.3 Å². The Morgan fingerprint density at radius 1 is 1.27 bits per heavy atom. The summed E-state index contributed by atoms with van der Waals surface area (Å²) in [5, 5.41) is 0.857. The van der Waals surface area contributed by atoms with Crippen LogP contribution in [0.5, 0.6) is 0 Å². The van der Waals surface area contributed by atoms with Gasteiger partial charge in [-0.25, -0.2) is 4.98 Å². The highest BCUT2D eigenvalue weighted by Crippen LogP contribution is 2.34. The van der Waals surface area contributed by atoms with Gasteiger partial charge in [-0.2, -0.15) is 0 Å². The lowest BCUT2D eigenvalue weighted by molar-refractivity contribution is -0.124. The predicted molar refractivity (Wildman–Crippen MR) is 106 cm³/mol. The number of amides is 1. The number of ether oxygens (including phenoxy) is 1. The molecule has 1 aliphatic heterocycles. The van der Waals surface area contributed by atoms with Crippen LogP contribution in [0.3, 0.4) is 0 Å². The predicted octanol–water partition coefficient (Wildman–Crippen LogP) is 3.38. The van der Waals surface area contributed by atoms with Crippen LogP contribution in [0.25, 0.3) is 10.2 Å². The molecule has 1 amide bonds. The van der Waals surface area contributed by atoms with E-state index >= 15 is 0 Å². The summed E-state index contributed by atoms with van der Waals surface area (Å²) in [6, 6.07) is 4.33. The van der Waals surface area contributed by atoms with E-state index in [4.69, 9.17) is 9.72 Å². The van der Waals surface area contributed by atoms with Crippen molar-refractivity contribution in [2.24, 2.45) is 5.92 Å². The molecule has 1 saturated carbocycles. The lowest BCUT2D eigenvalue weighted by Gasteiger charge is -2.33. The SMILES string of the molecule is Cc1cc2nc(N(CCN3CCOCC3)C(=O)C3CCC3)sc2cc1C. The van der Waals surface area contributed by atoms with Crippen molar-refractivity contribution in [3.63, 3.8) is 0 Å². The van der Waals surface area contributed by atoms with Gasteiger partial charge >= 0.3 is 0 Å². The summed E-state index contributed by atoms with van der Waals surface area (Å²) >= 11 is 1.65. The van der Waals surface area contributed by atoms with Gasteiger partial charge < -0.3 is 4.74 Å². The Bertz CT molecular complexity index is 755. The third-order valence-electron chi connectivity index (χ3n) is 5.69. The molecule has 5 nitrogen and oxygen atoms in total. The Hall–Kier alpha value is -1.50. The largest absolute Gasteiger partial charge is 0.379 e. The molecule has 4 rings (SSSR count). The van der Waals surface area contributed by atoms with E-state index in [2.05, 4.69) is 30.9 Å². The minimum Gasteiger partial charge on any atom is -0.379 e. The number of thiazole rings is 1. The second kappa shape index (κ2) is 7.62. The Kier molecular flexibility index (Phi) is 5.25. The van der Waals surface area contributed by atoms with Crippen molar-refractivity contribution in [3.8, 4) is 0 Å². The van der Waals surface area contributed by atoms with Crippen LogP contribution in [0.1, 0.15) is 30.4 Å². The summed E-state index contributed by atoms with van der Waals surface area (Å²) in [5.74, 6) is 0.451. The van der Waals surface area contributed by atoms with Gasteiger partial charge in [0.25, 0.3) is 0 Å². The van der Waals surface area contributed by atoms with Gasteiger partial charge in [0, 0.05) is 32.1 Å². The molecule has 2 fully saturated rings. The molecule has 1 aromatic carbocycles. The van der Waals surface area contributed by atoms with Crippen LogP contribution in [0.15, 0.2) is 12.1 Å². The van der Waals surface area contributed by atoms with Crippen molar-refractivity contribution in [1.82, 2.24) is 9.88 Å². The van der Waals surface area contributed by atoms with Crippen molar-refractivity contribution >= 4 is 32.6 Å². The van der Waals surface area contributed by atoms with Crippen molar-refractivity contribution in [2.45, 2.75) is 33.1 Å². The van der Waals surface area contributed by atoms with Crippen LogP contribution in [0.4, 0.5) is 5.13 Å². The number of anilines is 1. The molecule has 0 spiro atoms. The molecule has 0 unspecified atom stereocenters. The topological polar surface area (TPSA) is 45.7 Å². The smallest absolute Gasteiger partial charge is 0.231 e. The zero-order valence-corrected chi connectivity index (χ0v) is 16.5. The number of rotatable bonds is 5. The molecule has 6 heteroatoms. The van der Waals surface area contributed by atoms with Crippen LogP contribution >= 0.6 is 11.3 Å². The maximum absolute atomic E-state index is 13.1. The number of nitrogens with zero attached hydrogens (tertiary/aromatic N) is 3. The zero-order valence-electron chi connectivity index (χ0n) is 15.7. The van der Waals surface area contributed by atoms with Gasteiger partial charge in [-0.3, -0.25) is 14.6 Å². The summed E-state index contributed by atoms with van der Waals surface area (Å²) in [4.78, 5) is 22.2. The number of fused-ring (bicyclic) bond motifs is 1. The molecule has 1 saturated heterocycles. The lowest BCUT2D eigenvalue weighted by atomic mass is 9.84. The van der Waals surface area contributed by atoms with E-state index in [1.165, 1.54) is 22.2 Å². The number of aromatic nitrogens is 1. The van der Waals surface area contributed by atoms with Gasteiger partial charge in [0.05, 0.1) is 23.4 Å². The molecular weight excluding hydrogens is 346 g/mol. The van der Waals surface area contributed by atoms with E-state index in [1.807, 2.05) is 4.90 Å². The first-order chi connectivity index (χ1) is 12.6. The quantitative estimate of drug-likeness (QED) is 0.806. The highest BCUT2D eigenvalue weighted by Gasteiger charge is 2.32. The molecule has 2 aromatic rings. The van der Waals surface area contributed by atoms with Gasteiger partial charge in [0.15, 0.2) is 5.13 Å². The zero-order chi connectivity index (χ0) is 18.1. The standard InChI is InChI=1S/C20H27N3O2S/c1-14-12-17-18(13-15(14)2)26-20(21-17)23(19(24)16-4-3-5-16)7-6-22-8-10-25-11-9-22/h12-13,16H,3-11H2,1-2H3. The van der Waals surface area contributed by atoms with Crippen molar-refractivity contribution in [2.75, 3.05) is 44.3 Å². The fraction of sp³-hybridized carbons (Fsp3) is 0.600. The monoisotopic (exact) mass is 373 g/mol. The van der Waals surface area contributed by atoms with Crippen LogP contribution < -0.4 is 4.90 Å². The van der Waals surface area contributed by atoms with Gasteiger partial charge in [-0.1, -0.05) is 17.8 Å². The van der Waals surface area contributed by atoms with Gasteiger partial charge in [-0.15, -0.1) is 0 Å². The first-order valence-electron chi connectivity index (χ1n) is 9.61. The Morgan fingerprint density at radius 3 is 2.69 bits per heavy atom. The molecular formula is C20H27N3O2S. The second-order valence-electron chi connectivity index (χ2n) is 7.47. The number of hydrogen-bond acceptors (Lipinski definition) is 5. The average Bonchev–Trinajstić information content (AvgIpc) is 2.97. The Labute approximate surface area is 159 Å². The van der Waals surface area contributed by atoms with Gasteiger partial charge in [-0.05, 0) is 49.9 Å². The summed E-state index contributed by atoms with van der Waals surface area (Å²) < 4.78 is 6.60. The number of morpholine rings is 1. The van der Waals surface area contributed by atoms with E-state index in [0.29, 0.717) is 6.54 Å². The summed E-state index contributed by atoms with van der Waals surface area (Å²) in [5.41, 5.74) is 3.53. The normalized spacial score (nSPS) is 18.8. The second-order valence-corrected chi connectivity index (χ2v) is 8.48. The average molecular weight is 374 g/mol. The number of carbonyl (C=O) groups is 1. The highest BCUT2D eigenvalue weighted by atomic mass is 32.1. The fourth-order valence-corrected chi connectivity index (χ4v) is 4.60. The van der Waals surface area contributed by atoms with Crippen LogP contribution in [0, 0.1) is 19.8 Å². The highest BCUT2D eigenvalue weighted by molar-refractivity contribution is 7.22. The molecule has 0 radical (unpaired) electrons. The molecule has 0 atom stereocenters. The van der Waals surface area contributed by atoms with Crippen LogP contribution in [0.2, 0.25) is 0 Å². The van der Waals surface area contributed by atoms with E-state index in [1.54, 1.807) is 11.3 Å². The summed E-state index contributed by atoms with van der Waals surface area (Å²) in [6.07, 6.45) is 3.22. The molecule has 1 aromatic heterocycles. The molecule has 0 N–H and O–H groups in total. The van der Waals surface area contributed by atoms with Gasteiger partial charge in [0.2, 0.25) is 5.91 Å². The minimum absolute atomic E-state index is 0.190. The van der Waals surface area contributed by atoms with E-state index in [9.17, 15) is 4.79 Å². The van der Waals surface area contributed by atoms with Crippen molar-refractivity contribution in [1.29, 1.82) is 0 Å².